The Labute approximate surface area is 93.9 Å². The molecule has 0 bridgehead atoms. The molecule has 0 amide bonds. The van der Waals surface area contributed by atoms with Crippen molar-refractivity contribution in [2.24, 2.45) is 0 Å². The van der Waals surface area contributed by atoms with E-state index in [0.717, 1.165) is 26.2 Å². The van der Waals surface area contributed by atoms with Gasteiger partial charge in [-0.05, 0) is 26.8 Å². The molecule has 1 aliphatic rings. The molecule has 0 atom stereocenters. The molecule has 0 aliphatic carbocycles. The molecule has 0 aromatic carbocycles. The number of nitrogens with zero attached hydrogens (tertiary/aromatic N) is 1. The molecule has 1 fully saturated rings. The van der Waals surface area contributed by atoms with E-state index >= 15 is 0 Å². The van der Waals surface area contributed by atoms with Crippen molar-refractivity contribution in [2.45, 2.75) is 25.8 Å². The zero-order valence-electron chi connectivity index (χ0n) is 10.2. The highest BCUT2D eigenvalue weighted by molar-refractivity contribution is 4.85. The Morgan fingerprint density at radius 1 is 1.40 bits per heavy atom. The van der Waals surface area contributed by atoms with Crippen molar-refractivity contribution in [1.82, 2.24) is 15.5 Å². The standard InChI is InChI=1S/C12H25N3/c1-4-6-13-7-5-12(2,3)15-10-8-14-9-11-15/h4,13-14H,1,5-11H2,2-3H3. The van der Waals surface area contributed by atoms with Crippen molar-refractivity contribution >= 4 is 0 Å². The predicted octanol–water partition coefficient (Wildman–Crippen LogP) is 0.836. The maximum Gasteiger partial charge on any atom is 0.0166 e. The van der Waals surface area contributed by atoms with E-state index in [1.165, 1.54) is 19.5 Å². The van der Waals surface area contributed by atoms with Crippen LogP contribution in [0.2, 0.25) is 0 Å². The summed E-state index contributed by atoms with van der Waals surface area (Å²) in [5, 5.41) is 6.76. The number of rotatable bonds is 6. The number of nitrogens with one attached hydrogen (secondary N) is 2. The molecule has 88 valence electrons. The first-order valence-electron chi connectivity index (χ1n) is 5.94. The Morgan fingerprint density at radius 3 is 2.67 bits per heavy atom. The molecule has 3 heteroatoms. The van der Waals surface area contributed by atoms with Gasteiger partial charge in [0.1, 0.15) is 0 Å². The highest BCUT2D eigenvalue weighted by atomic mass is 15.2. The average molecular weight is 211 g/mol. The van der Waals surface area contributed by atoms with Crippen molar-refractivity contribution in [3.05, 3.63) is 12.7 Å². The maximum absolute atomic E-state index is 3.70. The molecule has 1 aliphatic heterocycles. The third-order valence-electron chi connectivity index (χ3n) is 3.18. The molecule has 1 saturated heterocycles. The Hall–Kier alpha value is -0.380. The largest absolute Gasteiger partial charge is 0.314 e. The second-order valence-electron chi connectivity index (χ2n) is 4.79. The van der Waals surface area contributed by atoms with Crippen molar-refractivity contribution in [1.29, 1.82) is 0 Å². The van der Waals surface area contributed by atoms with E-state index in [2.05, 4.69) is 36.0 Å². The fourth-order valence-electron chi connectivity index (χ4n) is 2.03. The fraction of sp³-hybridized carbons (Fsp3) is 0.833. The summed E-state index contributed by atoms with van der Waals surface area (Å²) in [7, 11) is 0. The van der Waals surface area contributed by atoms with Crippen LogP contribution >= 0.6 is 0 Å². The molecule has 0 radical (unpaired) electrons. The van der Waals surface area contributed by atoms with Crippen LogP contribution in [0.4, 0.5) is 0 Å². The molecular weight excluding hydrogens is 186 g/mol. The van der Waals surface area contributed by atoms with Gasteiger partial charge in [-0.3, -0.25) is 4.90 Å². The predicted molar refractivity (Wildman–Crippen MR) is 66.2 cm³/mol. The molecule has 0 aromatic heterocycles. The zero-order chi connectivity index (χ0) is 11.1. The van der Waals surface area contributed by atoms with Gasteiger partial charge in [0.25, 0.3) is 0 Å². The van der Waals surface area contributed by atoms with Gasteiger partial charge in [0.15, 0.2) is 0 Å². The van der Waals surface area contributed by atoms with E-state index in [1.807, 2.05) is 6.08 Å². The third kappa shape index (κ3) is 4.33. The van der Waals surface area contributed by atoms with Crippen molar-refractivity contribution in [3.8, 4) is 0 Å². The summed E-state index contributed by atoms with van der Waals surface area (Å²) in [6.45, 7) is 15.0. The lowest BCUT2D eigenvalue weighted by atomic mass is 9.97. The Morgan fingerprint density at radius 2 is 2.07 bits per heavy atom. The summed E-state index contributed by atoms with van der Waals surface area (Å²) in [4.78, 5) is 2.58. The van der Waals surface area contributed by atoms with Gasteiger partial charge in [-0.1, -0.05) is 6.08 Å². The smallest absolute Gasteiger partial charge is 0.0166 e. The molecule has 0 unspecified atom stereocenters. The van der Waals surface area contributed by atoms with Gasteiger partial charge in [0.05, 0.1) is 0 Å². The highest BCUT2D eigenvalue weighted by Crippen LogP contribution is 2.18. The first-order chi connectivity index (χ1) is 7.17. The monoisotopic (exact) mass is 211 g/mol. The summed E-state index contributed by atoms with van der Waals surface area (Å²) in [6.07, 6.45) is 3.11. The summed E-state index contributed by atoms with van der Waals surface area (Å²) < 4.78 is 0. The van der Waals surface area contributed by atoms with Crippen molar-refractivity contribution < 1.29 is 0 Å². The third-order valence-corrected chi connectivity index (χ3v) is 3.18. The number of hydrogen-bond acceptors (Lipinski definition) is 3. The van der Waals surface area contributed by atoms with Gasteiger partial charge < -0.3 is 10.6 Å². The van der Waals surface area contributed by atoms with E-state index in [-0.39, 0.29) is 0 Å². The summed E-state index contributed by atoms with van der Waals surface area (Å²) in [6, 6.07) is 0. The summed E-state index contributed by atoms with van der Waals surface area (Å²) in [5.74, 6) is 0. The SMILES string of the molecule is C=CCNCCC(C)(C)N1CCNCC1. The molecule has 0 saturated carbocycles. The number of piperazine rings is 1. The minimum Gasteiger partial charge on any atom is -0.314 e. The average Bonchev–Trinajstić information content (AvgIpc) is 2.26. The lowest BCUT2D eigenvalue weighted by Gasteiger charge is -2.41. The second-order valence-corrected chi connectivity index (χ2v) is 4.79. The maximum atomic E-state index is 3.70. The summed E-state index contributed by atoms with van der Waals surface area (Å²) >= 11 is 0. The summed E-state index contributed by atoms with van der Waals surface area (Å²) in [5.41, 5.74) is 0.316. The fourth-order valence-corrected chi connectivity index (χ4v) is 2.03. The Bertz CT molecular complexity index is 183. The van der Waals surface area contributed by atoms with Crippen LogP contribution in [0, 0.1) is 0 Å². The highest BCUT2D eigenvalue weighted by Gasteiger charge is 2.26. The second kappa shape index (κ2) is 6.26. The van der Waals surface area contributed by atoms with Gasteiger partial charge in [-0.2, -0.15) is 0 Å². The Balaban J connectivity index is 2.25. The quantitative estimate of drug-likeness (QED) is 0.503. The van der Waals surface area contributed by atoms with Crippen LogP contribution in [0.5, 0.6) is 0 Å². The van der Waals surface area contributed by atoms with Gasteiger partial charge in [0, 0.05) is 38.3 Å². The van der Waals surface area contributed by atoms with Crippen LogP contribution in [0.3, 0.4) is 0 Å². The lowest BCUT2D eigenvalue weighted by molar-refractivity contribution is 0.0959. The van der Waals surface area contributed by atoms with E-state index < -0.39 is 0 Å². The van der Waals surface area contributed by atoms with Crippen LogP contribution in [0.15, 0.2) is 12.7 Å². The van der Waals surface area contributed by atoms with E-state index in [9.17, 15) is 0 Å². The van der Waals surface area contributed by atoms with Gasteiger partial charge in [0.2, 0.25) is 0 Å². The Kier molecular flexibility index (Phi) is 5.29. The molecule has 1 rings (SSSR count). The van der Waals surface area contributed by atoms with E-state index in [1.54, 1.807) is 0 Å². The molecule has 1 heterocycles. The minimum absolute atomic E-state index is 0.316. The lowest BCUT2D eigenvalue weighted by Crippen LogP contribution is -2.54. The molecule has 3 nitrogen and oxygen atoms in total. The molecule has 15 heavy (non-hydrogen) atoms. The molecular formula is C12H25N3. The van der Waals surface area contributed by atoms with Crippen LogP contribution in [0.1, 0.15) is 20.3 Å². The van der Waals surface area contributed by atoms with Crippen LogP contribution in [0.25, 0.3) is 0 Å². The van der Waals surface area contributed by atoms with Crippen molar-refractivity contribution in [2.75, 3.05) is 39.3 Å². The van der Waals surface area contributed by atoms with Crippen LogP contribution in [-0.2, 0) is 0 Å². The molecule has 2 N–H and O–H groups in total. The topological polar surface area (TPSA) is 27.3 Å². The first-order valence-corrected chi connectivity index (χ1v) is 5.94. The van der Waals surface area contributed by atoms with E-state index in [4.69, 9.17) is 0 Å². The van der Waals surface area contributed by atoms with Crippen LogP contribution in [-0.4, -0.2) is 49.7 Å². The minimum atomic E-state index is 0.316. The van der Waals surface area contributed by atoms with Gasteiger partial charge >= 0.3 is 0 Å². The van der Waals surface area contributed by atoms with Crippen LogP contribution < -0.4 is 10.6 Å². The van der Waals surface area contributed by atoms with Gasteiger partial charge in [-0.15, -0.1) is 6.58 Å². The molecule has 0 spiro atoms. The van der Waals surface area contributed by atoms with E-state index in [0.29, 0.717) is 5.54 Å². The van der Waals surface area contributed by atoms with Gasteiger partial charge in [-0.25, -0.2) is 0 Å². The number of hydrogen-bond donors (Lipinski definition) is 2. The van der Waals surface area contributed by atoms with Crippen molar-refractivity contribution in [3.63, 3.8) is 0 Å². The first kappa shape index (κ1) is 12.7. The normalized spacial score (nSPS) is 19.1. The molecule has 0 aromatic rings. The zero-order valence-corrected chi connectivity index (χ0v) is 10.2.